The molecule has 0 rings (SSSR count). The normalized spacial score (nSPS) is 12.2. The average Bonchev–Trinajstić information content (AvgIpc) is 1.93. The van der Waals surface area contributed by atoms with Crippen LogP contribution in [0.5, 0.6) is 0 Å². The zero-order chi connectivity index (χ0) is 10.3. The maximum atomic E-state index is 5.79. The van der Waals surface area contributed by atoms with Gasteiger partial charge in [-0.2, -0.15) is 0 Å². The van der Waals surface area contributed by atoms with E-state index < -0.39 is 0 Å². The summed E-state index contributed by atoms with van der Waals surface area (Å²) in [7, 11) is 0.713. The van der Waals surface area contributed by atoms with Crippen molar-refractivity contribution in [3.05, 3.63) is 0 Å². The predicted octanol–water partition coefficient (Wildman–Crippen LogP) is 0.935. The highest BCUT2D eigenvalue weighted by molar-refractivity contribution is 6.27. The molecule has 0 heterocycles. The minimum atomic E-state index is -0.126. The van der Waals surface area contributed by atoms with Gasteiger partial charge in [0.2, 0.25) is 0 Å². The number of ether oxygens (including phenoxy) is 1. The first-order chi connectivity index (χ1) is 5.92. The Balaban J connectivity index is 3.09. The van der Waals surface area contributed by atoms with E-state index in [4.69, 9.17) is 15.1 Å². The monoisotopic (exact) mass is 187 g/mol. The van der Waals surface area contributed by atoms with Crippen LogP contribution >= 0.6 is 0 Å². The van der Waals surface area contributed by atoms with Gasteiger partial charge in [-0.15, -0.1) is 0 Å². The smallest absolute Gasteiger partial charge is 0.276 e. The third-order valence-corrected chi connectivity index (χ3v) is 1.57. The van der Waals surface area contributed by atoms with E-state index in [9.17, 15) is 0 Å². The van der Waals surface area contributed by atoms with Crippen LogP contribution < -0.4 is 5.73 Å². The number of rotatable bonds is 7. The lowest BCUT2D eigenvalue weighted by molar-refractivity contribution is 0.0558. The summed E-state index contributed by atoms with van der Waals surface area (Å²) >= 11 is 0. The second-order valence-corrected chi connectivity index (χ2v) is 4.27. The van der Waals surface area contributed by atoms with Gasteiger partial charge in [-0.25, -0.2) is 0 Å². The Bertz CT molecular complexity index is 123. The summed E-state index contributed by atoms with van der Waals surface area (Å²) in [5.74, 6) is 0. The first-order valence-corrected chi connectivity index (χ1v) is 4.90. The molecule has 0 aliphatic rings. The Labute approximate surface area is 82.2 Å². The molecule has 0 amide bonds. The molecule has 3 nitrogen and oxygen atoms in total. The van der Waals surface area contributed by atoms with Crippen molar-refractivity contribution >= 4 is 7.48 Å². The molecule has 78 valence electrons. The molecule has 0 atom stereocenters. The number of hydrogen-bond acceptors (Lipinski definition) is 3. The van der Waals surface area contributed by atoms with Gasteiger partial charge in [0.25, 0.3) is 7.48 Å². The SMILES string of the molecule is CC(C)OCCOBCC(C)(C)N. The van der Waals surface area contributed by atoms with Crippen molar-refractivity contribution < 1.29 is 9.39 Å². The van der Waals surface area contributed by atoms with Gasteiger partial charge in [-0.05, 0) is 34.0 Å². The van der Waals surface area contributed by atoms with Gasteiger partial charge in [-0.1, -0.05) is 0 Å². The topological polar surface area (TPSA) is 44.5 Å². The van der Waals surface area contributed by atoms with Crippen LogP contribution in [0.2, 0.25) is 6.32 Å². The summed E-state index contributed by atoms with van der Waals surface area (Å²) in [6, 6.07) is 0. The predicted molar refractivity (Wildman–Crippen MR) is 57.3 cm³/mol. The highest BCUT2D eigenvalue weighted by Crippen LogP contribution is 2.02. The lowest BCUT2D eigenvalue weighted by atomic mass is 9.82. The van der Waals surface area contributed by atoms with E-state index in [0.29, 0.717) is 20.7 Å². The molecular formula is C9H22BNO2. The third kappa shape index (κ3) is 11.9. The molecule has 0 saturated carbocycles. The summed E-state index contributed by atoms with van der Waals surface area (Å²) < 4.78 is 10.7. The summed E-state index contributed by atoms with van der Waals surface area (Å²) in [5.41, 5.74) is 5.66. The molecule has 0 aliphatic heterocycles. The maximum absolute atomic E-state index is 5.79. The van der Waals surface area contributed by atoms with Gasteiger partial charge < -0.3 is 15.1 Å². The molecule has 0 unspecified atom stereocenters. The van der Waals surface area contributed by atoms with E-state index in [1.807, 2.05) is 27.7 Å². The molecule has 0 aromatic rings. The van der Waals surface area contributed by atoms with Gasteiger partial charge in [0.1, 0.15) is 0 Å². The van der Waals surface area contributed by atoms with Crippen molar-refractivity contribution in [3.8, 4) is 0 Å². The fourth-order valence-electron chi connectivity index (χ4n) is 0.780. The molecule has 0 radical (unpaired) electrons. The molecule has 0 aliphatic carbocycles. The van der Waals surface area contributed by atoms with E-state index in [2.05, 4.69) is 0 Å². The standard InChI is InChI=1S/C9H22BNO2/c1-8(2)12-5-6-13-10-7-9(3,4)11/h8,10H,5-7,11H2,1-4H3. The first kappa shape index (κ1) is 12.9. The van der Waals surface area contributed by atoms with Gasteiger partial charge in [-0.3, -0.25) is 0 Å². The van der Waals surface area contributed by atoms with Crippen LogP contribution in [0.15, 0.2) is 0 Å². The Morgan fingerprint density at radius 3 is 2.38 bits per heavy atom. The van der Waals surface area contributed by atoms with Crippen molar-refractivity contribution in [2.24, 2.45) is 5.73 Å². The highest BCUT2D eigenvalue weighted by Gasteiger charge is 2.10. The zero-order valence-corrected chi connectivity index (χ0v) is 9.30. The van der Waals surface area contributed by atoms with Gasteiger partial charge >= 0.3 is 0 Å². The fourth-order valence-corrected chi connectivity index (χ4v) is 0.780. The van der Waals surface area contributed by atoms with Crippen LogP contribution in [0.1, 0.15) is 27.7 Å². The van der Waals surface area contributed by atoms with Crippen LogP contribution in [0.4, 0.5) is 0 Å². The summed E-state index contributed by atoms with van der Waals surface area (Å²) in [6.45, 7) is 9.37. The van der Waals surface area contributed by atoms with E-state index >= 15 is 0 Å². The molecular weight excluding hydrogens is 165 g/mol. The van der Waals surface area contributed by atoms with Crippen molar-refractivity contribution in [2.75, 3.05) is 13.2 Å². The third-order valence-electron chi connectivity index (χ3n) is 1.57. The van der Waals surface area contributed by atoms with Gasteiger partial charge in [0.05, 0.1) is 19.3 Å². The molecule has 0 spiro atoms. The van der Waals surface area contributed by atoms with Crippen molar-refractivity contribution in [1.29, 1.82) is 0 Å². The second-order valence-electron chi connectivity index (χ2n) is 4.27. The Kier molecular flexibility index (Phi) is 6.38. The number of nitrogens with two attached hydrogens (primary N) is 1. The number of hydrogen-bond donors (Lipinski definition) is 1. The van der Waals surface area contributed by atoms with Crippen LogP contribution in [-0.4, -0.2) is 32.3 Å². The molecule has 2 N–H and O–H groups in total. The summed E-state index contributed by atoms with van der Waals surface area (Å²) in [4.78, 5) is 0. The van der Waals surface area contributed by atoms with Gasteiger partial charge in [0, 0.05) is 5.54 Å². The van der Waals surface area contributed by atoms with Crippen molar-refractivity contribution in [1.82, 2.24) is 0 Å². The van der Waals surface area contributed by atoms with Crippen LogP contribution in [0.3, 0.4) is 0 Å². The molecule has 0 aromatic carbocycles. The minimum absolute atomic E-state index is 0.126. The summed E-state index contributed by atoms with van der Waals surface area (Å²) in [5, 5.41) is 0. The highest BCUT2D eigenvalue weighted by atomic mass is 16.5. The van der Waals surface area contributed by atoms with Crippen molar-refractivity contribution in [3.63, 3.8) is 0 Å². The summed E-state index contributed by atoms with van der Waals surface area (Å²) in [6.07, 6.45) is 1.17. The molecule has 13 heavy (non-hydrogen) atoms. The maximum Gasteiger partial charge on any atom is 0.276 e. The van der Waals surface area contributed by atoms with E-state index in [1.165, 1.54) is 0 Å². The molecule has 0 saturated heterocycles. The fraction of sp³-hybridized carbons (Fsp3) is 1.00. The Hall–Kier alpha value is -0.0551. The lowest BCUT2D eigenvalue weighted by Gasteiger charge is -2.17. The van der Waals surface area contributed by atoms with Crippen LogP contribution in [-0.2, 0) is 9.39 Å². The molecule has 0 bridgehead atoms. The Morgan fingerprint density at radius 1 is 1.31 bits per heavy atom. The lowest BCUT2D eigenvalue weighted by Crippen LogP contribution is -2.33. The zero-order valence-electron chi connectivity index (χ0n) is 9.30. The van der Waals surface area contributed by atoms with Crippen LogP contribution in [0, 0.1) is 0 Å². The largest absolute Gasteiger partial charge is 0.437 e. The van der Waals surface area contributed by atoms with Gasteiger partial charge in [0.15, 0.2) is 0 Å². The molecule has 0 fully saturated rings. The molecule has 4 heteroatoms. The van der Waals surface area contributed by atoms with E-state index in [0.717, 1.165) is 6.32 Å². The first-order valence-electron chi connectivity index (χ1n) is 4.90. The van der Waals surface area contributed by atoms with E-state index in [-0.39, 0.29) is 11.6 Å². The average molecular weight is 187 g/mol. The minimum Gasteiger partial charge on any atom is -0.437 e. The molecule has 0 aromatic heterocycles. The van der Waals surface area contributed by atoms with E-state index in [1.54, 1.807) is 0 Å². The van der Waals surface area contributed by atoms with Crippen LogP contribution in [0.25, 0.3) is 0 Å². The Morgan fingerprint density at radius 2 is 1.92 bits per heavy atom. The van der Waals surface area contributed by atoms with Crippen molar-refractivity contribution in [2.45, 2.75) is 45.7 Å². The second kappa shape index (κ2) is 6.41. The quantitative estimate of drug-likeness (QED) is 0.476.